The zero-order valence-electron chi connectivity index (χ0n) is 17.5. The number of anilines is 2. The average Bonchev–Trinajstić information content (AvgIpc) is 2.77. The lowest BCUT2D eigenvalue weighted by Gasteiger charge is -2.15. The number of esters is 1. The van der Waals surface area contributed by atoms with Gasteiger partial charge in [-0.05, 0) is 31.2 Å². The summed E-state index contributed by atoms with van der Waals surface area (Å²) in [4.78, 5) is 21.2. The van der Waals surface area contributed by atoms with Crippen molar-refractivity contribution in [3.63, 3.8) is 0 Å². The molecule has 1 aromatic heterocycles. The summed E-state index contributed by atoms with van der Waals surface area (Å²) in [6.45, 7) is 1.86. The Bertz CT molecular complexity index is 1040. The lowest BCUT2D eigenvalue weighted by Crippen LogP contribution is -2.07. The summed E-state index contributed by atoms with van der Waals surface area (Å²) in [5.41, 5.74) is 2.42. The first-order valence-electron chi connectivity index (χ1n) is 9.11. The van der Waals surface area contributed by atoms with Crippen molar-refractivity contribution < 1.29 is 23.7 Å². The molecular weight excluding hydrogens is 386 g/mol. The molecule has 30 heavy (non-hydrogen) atoms. The molecule has 8 heteroatoms. The quantitative estimate of drug-likeness (QED) is 0.585. The van der Waals surface area contributed by atoms with Crippen molar-refractivity contribution in [1.82, 2.24) is 9.97 Å². The molecule has 8 nitrogen and oxygen atoms in total. The molecule has 0 atom stereocenters. The van der Waals surface area contributed by atoms with Gasteiger partial charge < -0.3 is 24.3 Å². The van der Waals surface area contributed by atoms with Crippen LogP contribution in [0, 0.1) is 6.92 Å². The summed E-state index contributed by atoms with van der Waals surface area (Å²) in [6, 6.07) is 12.4. The first-order chi connectivity index (χ1) is 14.5. The third-order valence-electron chi connectivity index (χ3n) is 4.37. The number of benzene rings is 2. The van der Waals surface area contributed by atoms with Crippen LogP contribution in [0.4, 0.5) is 11.5 Å². The minimum atomic E-state index is -0.436. The molecule has 0 aliphatic rings. The van der Waals surface area contributed by atoms with Crippen LogP contribution < -0.4 is 19.5 Å². The first kappa shape index (κ1) is 20.9. The molecule has 0 aliphatic heterocycles. The first-order valence-corrected chi connectivity index (χ1v) is 9.11. The molecule has 156 valence electrons. The molecule has 1 heterocycles. The van der Waals surface area contributed by atoms with Gasteiger partial charge in [0.2, 0.25) is 5.75 Å². The molecule has 0 aliphatic carbocycles. The Morgan fingerprint density at radius 1 is 0.900 bits per heavy atom. The fourth-order valence-electron chi connectivity index (χ4n) is 2.99. The van der Waals surface area contributed by atoms with Crippen molar-refractivity contribution in [1.29, 1.82) is 0 Å². The van der Waals surface area contributed by atoms with Gasteiger partial charge in [-0.15, -0.1) is 0 Å². The molecule has 0 spiro atoms. The van der Waals surface area contributed by atoms with Crippen molar-refractivity contribution in [3.8, 4) is 28.6 Å². The van der Waals surface area contributed by atoms with Crippen LogP contribution in [0.25, 0.3) is 11.4 Å². The highest BCUT2D eigenvalue weighted by Gasteiger charge is 2.17. The maximum atomic E-state index is 12.0. The zero-order valence-corrected chi connectivity index (χ0v) is 17.5. The van der Waals surface area contributed by atoms with Crippen LogP contribution >= 0.6 is 0 Å². The van der Waals surface area contributed by atoms with Crippen molar-refractivity contribution in [2.45, 2.75) is 6.92 Å². The van der Waals surface area contributed by atoms with Crippen LogP contribution in [-0.2, 0) is 4.74 Å². The lowest BCUT2D eigenvalue weighted by atomic mass is 10.1. The Morgan fingerprint density at radius 2 is 1.57 bits per heavy atom. The van der Waals surface area contributed by atoms with E-state index in [1.807, 2.05) is 13.0 Å². The Balaban J connectivity index is 2.05. The van der Waals surface area contributed by atoms with Crippen molar-refractivity contribution in [3.05, 3.63) is 53.7 Å². The topological polar surface area (TPSA) is 91.8 Å². The number of nitrogens with one attached hydrogen (secondary N) is 1. The smallest absolute Gasteiger partial charge is 0.339 e. The number of carbonyl (C=O) groups excluding carboxylic acids is 1. The Morgan fingerprint density at radius 3 is 2.17 bits per heavy atom. The predicted molar refractivity (Wildman–Crippen MR) is 113 cm³/mol. The van der Waals surface area contributed by atoms with E-state index in [9.17, 15) is 4.79 Å². The molecule has 0 saturated heterocycles. The molecule has 0 amide bonds. The van der Waals surface area contributed by atoms with Crippen LogP contribution in [-0.4, -0.2) is 44.4 Å². The molecule has 3 rings (SSSR count). The fourth-order valence-corrected chi connectivity index (χ4v) is 2.99. The lowest BCUT2D eigenvalue weighted by molar-refractivity contribution is 0.0602. The molecule has 0 unspecified atom stereocenters. The molecule has 0 radical (unpaired) electrons. The van der Waals surface area contributed by atoms with Crippen LogP contribution in [0.15, 0.2) is 42.5 Å². The van der Waals surface area contributed by atoms with Gasteiger partial charge in [0.15, 0.2) is 17.3 Å². The summed E-state index contributed by atoms with van der Waals surface area (Å²) in [5.74, 6) is 2.05. The number of rotatable bonds is 7. The summed E-state index contributed by atoms with van der Waals surface area (Å²) in [5, 5.41) is 3.18. The Kier molecular flexibility index (Phi) is 6.36. The standard InChI is InChI=1S/C22H23N3O5/c1-13-10-19(24-16-9-7-6-8-15(16)22(26)30-5)25-21(23-13)14-11-17(27-2)20(29-4)18(12-14)28-3/h6-12H,1-5H3,(H,23,24,25). The number of carbonyl (C=O) groups is 1. The number of nitrogens with zero attached hydrogens (tertiary/aromatic N) is 2. The highest BCUT2D eigenvalue weighted by Crippen LogP contribution is 2.40. The fraction of sp³-hybridized carbons (Fsp3) is 0.227. The van der Waals surface area contributed by atoms with Crippen LogP contribution in [0.3, 0.4) is 0 Å². The van der Waals surface area contributed by atoms with E-state index in [0.717, 1.165) is 5.69 Å². The number of ether oxygens (including phenoxy) is 4. The van der Waals surface area contributed by atoms with Crippen molar-refractivity contribution >= 4 is 17.5 Å². The SMILES string of the molecule is COC(=O)c1ccccc1Nc1cc(C)nc(-c2cc(OC)c(OC)c(OC)c2)n1. The van der Waals surface area contributed by atoms with Gasteiger partial charge in [0, 0.05) is 17.3 Å². The molecular formula is C22H23N3O5. The summed E-state index contributed by atoms with van der Waals surface area (Å²) in [7, 11) is 5.99. The average molecular weight is 409 g/mol. The summed E-state index contributed by atoms with van der Waals surface area (Å²) >= 11 is 0. The number of aromatic nitrogens is 2. The second kappa shape index (κ2) is 9.13. The van der Waals surface area contributed by atoms with Gasteiger partial charge in [-0.2, -0.15) is 0 Å². The molecule has 0 bridgehead atoms. The van der Waals surface area contributed by atoms with E-state index >= 15 is 0 Å². The maximum absolute atomic E-state index is 12.0. The van der Waals surface area contributed by atoms with E-state index in [1.54, 1.807) is 57.7 Å². The molecule has 0 saturated carbocycles. The van der Waals surface area contributed by atoms with E-state index in [0.29, 0.717) is 45.7 Å². The van der Waals surface area contributed by atoms with Crippen LogP contribution in [0.2, 0.25) is 0 Å². The highest BCUT2D eigenvalue weighted by atomic mass is 16.5. The molecule has 0 fully saturated rings. The second-order valence-corrected chi connectivity index (χ2v) is 6.29. The van der Waals surface area contributed by atoms with Gasteiger partial charge in [0.1, 0.15) is 5.82 Å². The van der Waals surface area contributed by atoms with Crippen LogP contribution in [0.1, 0.15) is 16.1 Å². The van der Waals surface area contributed by atoms with E-state index in [4.69, 9.17) is 18.9 Å². The van der Waals surface area contributed by atoms with Crippen molar-refractivity contribution in [2.24, 2.45) is 0 Å². The second-order valence-electron chi connectivity index (χ2n) is 6.29. The zero-order chi connectivity index (χ0) is 21.7. The van der Waals surface area contributed by atoms with E-state index in [2.05, 4.69) is 15.3 Å². The number of hydrogen-bond donors (Lipinski definition) is 1. The number of hydrogen-bond acceptors (Lipinski definition) is 8. The molecule has 1 N–H and O–H groups in total. The number of para-hydroxylation sites is 1. The van der Waals surface area contributed by atoms with Crippen LogP contribution in [0.5, 0.6) is 17.2 Å². The van der Waals surface area contributed by atoms with Gasteiger partial charge in [0.25, 0.3) is 0 Å². The molecule has 2 aromatic carbocycles. The number of methoxy groups -OCH3 is 4. The Hall–Kier alpha value is -3.81. The minimum Gasteiger partial charge on any atom is -0.493 e. The van der Waals surface area contributed by atoms with Gasteiger partial charge in [-0.25, -0.2) is 14.8 Å². The van der Waals surface area contributed by atoms with Gasteiger partial charge >= 0.3 is 5.97 Å². The van der Waals surface area contributed by atoms with E-state index in [1.165, 1.54) is 7.11 Å². The maximum Gasteiger partial charge on any atom is 0.339 e. The number of aryl methyl sites for hydroxylation is 1. The minimum absolute atomic E-state index is 0.408. The van der Waals surface area contributed by atoms with E-state index < -0.39 is 5.97 Å². The third kappa shape index (κ3) is 4.27. The third-order valence-corrected chi connectivity index (χ3v) is 4.37. The molecule has 3 aromatic rings. The monoisotopic (exact) mass is 409 g/mol. The predicted octanol–water partition coefficient (Wildman–Crippen LogP) is 4.01. The normalized spacial score (nSPS) is 10.3. The summed E-state index contributed by atoms with van der Waals surface area (Å²) < 4.78 is 21.1. The Labute approximate surface area is 174 Å². The van der Waals surface area contributed by atoms with Gasteiger partial charge in [-0.3, -0.25) is 0 Å². The van der Waals surface area contributed by atoms with Crippen molar-refractivity contribution in [2.75, 3.05) is 33.8 Å². The van der Waals surface area contributed by atoms with Gasteiger partial charge in [0.05, 0.1) is 39.7 Å². The summed E-state index contributed by atoms with van der Waals surface area (Å²) in [6.07, 6.45) is 0. The largest absolute Gasteiger partial charge is 0.493 e. The van der Waals surface area contributed by atoms with E-state index in [-0.39, 0.29) is 0 Å². The van der Waals surface area contributed by atoms with Gasteiger partial charge in [-0.1, -0.05) is 12.1 Å². The highest BCUT2D eigenvalue weighted by molar-refractivity contribution is 5.96.